The second-order valence-corrected chi connectivity index (χ2v) is 6.20. The number of aliphatic hydroxyl groups excluding tert-OH is 1. The molecule has 1 aromatic heterocycles. The monoisotopic (exact) mass is 346 g/mol. The van der Waals surface area contributed by atoms with E-state index in [1.165, 1.54) is 0 Å². The van der Waals surface area contributed by atoms with E-state index in [-0.39, 0.29) is 0 Å². The highest BCUT2D eigenvalue weighted by Gasteiger charge is 2.16. The third kappa shape index (κ3) is 3.29. The minimum absolute atomic E-state index is 0.500. The molecule has 0 fully saturated rings. The predicted octanol–water partition coefficient (Wildman–Crippen LogP) is 3.66. The summed E-state index contributed by atoms with van der Waals surface area (Å²) in [6.45, 7) is 0. The molecular weight excluding hydrogens is 336 g/mol. The fourth-order valence-electron chi connectivity index (χ4n) is 1.61. The van der Waals surface area contributed by atoms with Crippen molar-refractivity contribution in [3.63, 3.8) is 0 Å². The second kappa shape index (κ2) is 6.10. The summed E-state index contributed by atoms with van der Waals surface area (Å²) in [7, 11) is 1.77. The van der Waals surface area contributed by atoms with Gasteiger partial charge in [-0.1, -0.05) is 33.6 Å². The largest absolute Gasteiger partial charge is 0.386 e. The van der Waals surface area contributed by atoms with Gasteiger partial charge in [0, 0.05) is 22.2 Å². The van der Waals surface area contributed by atoms with Crippen molar-refractivity contribution in [3.8, 4) is 0 Å². The number of aromatic nitrogens is 2. The highest BCUT2D eigenvalue weighted by Crippen LogP contribution is 2.29. The minimum atomic E-state index is -0.631. The zero-order valence-electron chi connectivity index (χ0n) is 9.68. The number of thioether (sulfide) groups is 1. The van der Waals surface area contributed by atoms with Crippen LogP contribution >= 0.6 is 39.3 Å². The standard InChI is InChI=1S/C12H12BrClN2OS/c1-16-12(10(14)6-15-16)11(17)7-18-9-4-2-3-8(13)5-9/h2-6,11,17H,7H2,1H3. The van der Waals surface area contributed by atoms with E-state index < -0.39 is 6.10 Å². The van der Waals surface area contributed by atoms with Crippen molar-refractivity contribution in [1.29, 1.82) is 0 Å². The molecule has 1 heterocycles. The summed E-state index contributed by atoms with van der Waals surface area (Å²) in [5.74, 6) is 0.537. The molecule has 0 aliphatic rings. The smallest absolute Gasteiger partial charge is 0.106 e. The molecule has 3 nitrogen and oxygen atoms in total. The van der Waals surface area contributed by atoms with Crippen molar-refractivity contribution < 1.29 is 5.11 Å². The van der Waals surface area contributed by atoms with Crippen LogP contribution < -0.4 is 0 Å². The van der Waals surface area contributed by atoms with Crippen LogP contribution in [0.25, 0.3) is 0 Å². The third-order valence-electron chi connectivity index (χ3n) is 2.46. The van der Waals surface area contributed by atoms with Crippen LogP contribution in [0, 0.1) is 0 Å². The quantitative estimate of drug-likeness (QED) is 0.858. The van der Waals surface area contributed by atoms with Crippen molar-refractivity contribution in [2.24, 2.45) is 7.05 Å². The first-order chi connectivity index (χ1) is 8.58. The average Bonchev–Trinajstić information content (AvgIpc) is 2.66. The Morgan fingerprint density at radius 1 is 1.56 bits per heavy atom. The van der Waals surface area contributed by atoms with Crippen LogP contribution in [-0.4, -0.2) is 20.6 Å². The number of hydrogen-bond donors (Lipinski definition) is 1. The zero-order chi connectivity index (χ0) is 13.1. The summed E-state index contributed by atoms with van der Waals surface area (Å²) in [6, 6.07) is 7.96. The molecule has 2 rings (SSSR count). The lowest BCUT2D eigenvalue weighted by molar-refractivity contribution is 0.194. The molecule has 0 radical (unpaired) electrons. The molecule has 96 valence electrons. The SMILES string of the molecule is Cn1ncc(Cl)c1C(O)CSc1cccc(Br)c1. The molecule has 0 aliphatic carbocycles. The molecule has 6 heteroatoms. The Kier molecular flexibility index (Phi) is 4.72. The molecule has 1 aromatic carbocycles. The predicted molar refractivity (Wildman–Crippen MR) is 78.0 cm³/mol. The normalized spacial score (nSPS) is 12.7. The Bertz CT molecular complexity index is 527. The fraction of sp³-hybridized carbons (Fsp3) is 0.250. The van der Waals surface area contributed by atoms with Gasteiger partial charge in [-0.3, -0.25) is 4.68 Å². The Morgan fingerprint density at radius 2 is 2.33 bits per heavy atom. The van der Waals surface area contributed by atoms with Gasteiger partial charge in [0.25, 0.3) is 0 Å². The minimum Gasteiger partial charge on any atom is -0.386 e. The average molecular weight is 348 g/mol. The van der Waals surface area contributed by atoms with Gasteiger partial charge in [0.15, 0.2) is 0 Å². The van der Waals surface area contributed by atoms with Crippen LogP contribution in [0.5, 0.6) is 0 Å². The molecule has 0 saturated heterocycles. The summed E-state index contributed by atoms with van der Waals surface area (Å²) in [5.41, 5.74) is 0.652. The van der Waals surface area contributed by atoms with Crippen LogP contribution in [0.4, 0.5) is 0 Å². The van der Waals surface area contributed by atoms with Gasteiger partial charge in [-0.15, -0.1) is 11.8 Å². The topological polar surface area (TPSA) is 38.0 Å². The summed E-state index contributed by atoms with van der Waals surface area (Å²) < 4.78 is 2.63. The molecule has 0 amide bonds. The molecule has 0 spiro atoms. The zero-order valence-corrected chi connectivity index (χ0v) is 12.8. The number of aryl methyl sites for hydroxylation is 1. The van der Waals surface area contributed by atoms with Gasteiger partial charge in [-0.25, -0.2) is 0 Å². The van der Waals surface area contributed by atoms with Crippen molar-refractivity contribution in [1.82, 2.24) is 9.78 Å². The summed E-state index contributed by atoms with van der Waals surface area (Å²) in [4.78, 5) is 1.10. The third-order valence-corrected chi connectivity index (χ3v) is 4.31. The van der Waals surface area contributed by atoms with Gasteiger partial charge in [0.2, 0.25) is 0 Å². The number of rotatable bonds is 4. The maximum Gasteiger partial charge on any atom is 0.106 e. The van der Waals surface area contributed by atoms with E-state index in [4.69, 9.17) is 11.6 Å². The fourth-order valence-corrected chi connectivity index (χ4v) is 3.34. The number of nitrogens with zero attached hydrogens (tertiary/aromatic N) is 2. The highest BCUT2D eigenvalue weighted by atomic mass is 79.9. The summed E-state index contributed by atoms with van der Waals surface area (Å²) in [6.07, 6.45) is 0.915. The van der Waals surface area contributed by atoms with Crippen LogP contribution in [0.3, 0.4) is 0 Å². The van der Waals surface area contributed by atoms with E-state index in [1.807, 2.05) is 24.3 Å². The maximum atomic E-state index is 10.1. The van der Waals surface area contributed by atoms with Crippen molar-refractivity contribution >= 4 is 39.3 Å². The van der Waals surface area contributed by atoms with E-state index in [2.05, 4.69) is 21.0 Å². The van der Waals surface area contributed by atoms with E-state index in [1.54, 1.807) is 29.7 Å². The van der Waals surface area contributed by atoms with E-state index >= 15 is 0 Å². The van der Waals surface area contributed by atoms with Gasteiger partial charge in [0.05, 0.1) is 16.9 Å². The van der Waals surface area contributed by atoms with E-state index in [9.17, 15) is 5.11 Å². The summed E-state index contributed by atoms with van der Waals surface area (Å²) in [5, 5.41) is 14.6. The van der Waals surface area contributed by atoms with Crippen LogP contribution in [-0.2, 0) is 7.05 Å². The lowest BCUT2D eigenvalue weighted by atomic mass is 10.3. The number of aliphatic hydroxyl groups is 1. The molecule has 18 heavy (non-hydrogen) atoms. The van der Waals surface area contributed by atoms with Crippen molar-refractivity contribution in [3.05, 3.63) is 45.7 Å². The van der Waals surface area contributed by atoms with Gasteiger partial charge in [0.1, 0.15) is 6.10 Å². The second-order valence-electron chi connectivity index (χ2n) is 3.79. The molecule has 1 atom stereocenters. The van der Waals surface area contributed by atoms with E-state index in [0.29, 0.717) is 16.5 Å². The van der Waals surface area contributed by atoms with Crippen LogP contribution in [0.1, 0.15) is 11.8 Å². The number of benzene rings is 1. The molecule has 1 N–H and O–H groups in total. The Balaban J connectivity index is 2.03. The first-order valence-electron chi connectivity index (χ1n) is 5.31. The van der Waals surface area contributed by atoms with Crippen LogP contribution in [0.15, 0.2) is 39.8 Å². The van der Waals surface area contributed by atoms with Gasteiger partial charge < -0.3 is 5.11 Å². The molecular formula is C12H12BrClN2OS. The lowest BCUT2D eigenvalue weighted by Crippen LogP contribution is -2.08. The van der Waals surface area contributed by atoms with E-state index in [0.717, 1.165) is 9.37 Å². The molecule has 0 aliphatic heterocycles. The van der Waals surface area contributed by atoms with Gasteiger partial charge in [-0.2, -0.15) is 5.10 Å². The number of halogens is 2. The Labute approximate surface area is 123 Å². The lowest BCUT2D eigenvalue weighted by Gasteiger charge is -2.11. The Morgan fingerprint density at radius 3 is 2.94 bits per heavy atom. The van der Waals surface area contributed by atoms with Crippen molar-refractivity contribution in [2.45, 2.75) is 11.0 Å². The highest BCUT2D eigenvalue weighted by molar-refractivity contribution is 9.10. The molecule has 0 bridgehead atoms. The van der Waals surface area contributed by atoms with Crippen LogP contribution in [0.2, 0.25) is 5.02 Å². The molecule has 2 aromatic rings. The molecule has 0 saturated carbocycles. The number of hydrogen-bond acceptors (Lipinski definition) is 3. The van der Waals surface area contributed by atoms with Gasteiger partial charge in [-0.05, 0) is 18.2 Å². The Hall–Kier alpha value is -0.490. The molecule has 1 unspecified atom stereocenters. The van der Waals surface area contributed by atoms with Crippen molar-refractivity contribution in [2.75, 3.05) is 5.75 Å². The van der Waals surface area contributed by atoms with Gasteiger partial charge >= 0.3 is 0 Å². The maximum absolute atomic E-state index is 10.1. The summed E-state index contributed by atoms with van der Waals surface area (Å²) >= 11 is 11.0. The first kappa shape index (κ1) is 13.9. The first-order valence-corrected chi connectivity index (χ1v) is 7.47.